The van der Waals surface area contributed by atoms with Crippen molar-refractivity contribution in [2.75, 3.05) is 6.54 Å². The fraction of sp³-hybridized carbons (Fsp3) is 0.474. The Morgan fingerprint density at radius 1 is 1.30 bits per heavy atom. The van der Waals surface area contributed by atoms with E-state index in [1.807, 2.05) is 32.2 Å². The van der Waals surface area contributed by atoms with Gasteiger partial charge in [-0.15, -0.1) is 0 Å². The van der Waals surface area contributed by atoms with Crippen molar-refractivity contribution in [3.05, 3.63) is 41.3 Å². The molecule has 1 fully saturated rings. The fourth-order valence-electron chi connectivity index (χ4n) is 3.63. The van der Waals surface area contributed by atoms with Crippen LogP contribution >= 0.6 is 0 Å². The van der Waals surface area contributed by atoms with Crippen molar-refractivity contribution >= 4 is 17.1 Å². The number of hydrogen-bond donors (Lipinski definition) is 1. The van der Waals surface area contributed by atoms with E-state index in [9.17, 15) is 4.79 Å². The number of likely N-dealkylation sites (tertiary alicyclic amines) is 1. The molecule has 3 aromatic rings. The van der Waals surface area contributed by atoms with Gasteiger partial charge in [-0.05, 0) is 50.8 Å². The molecule has 1 atom stereocenters. The molecule has 0 spiro atoms. The number of benzene rings is 1. The van der Waals surface area contributed by atoms with Gasteiger partial charge in [0, 0.05) is 20.1 Å². The van der Waals surface area contributed by atoms with Gasteiger partial charge in [0.1, 0.15) is 11.9 Å². The quantitative estimate of drug-likeness (QED) is 0.768. The third-order valence-corrected chi connectivity index (χ3v) is 5.20. The van der Waals surface area contributed by atoms with Crippen LogP contribution in [0, 0.1) is 13.8 Å². The molecule has 4 rings (SSSR count). The average Bonchev–Trinajstić information content (AvgIpc) is 3.23. The fourth-order valence-corrected chi connectivity index (χ4v) is 3.63. The lowest BCUT2D eigenvalue weighted by Gasteiger charge is -2.33. The van der Waals surface area contributed by atoms with Gasteiger partial charge in [0.15, 0.2) is 5.82 Å². The van der Waals surface area contributed by atoms with Gasteiger partial charge in [-0.2, -0.15) is 4.98 Å². The summed E-state index contributed by atoms with van der Waals surface area (Å²) in [4.78, 5) is 23.5. The zero-order valence-corrected chi connectivity index (χ0v) is 15.9. The molecule has 1 aliphatic rings. The second-order valence-corrected chi connectivity index (χ2v) is 7.08. The molecule has 0 unspecified atom stereocenters. The number of carbonyl (C=O) groups excluding carboxylic acids is 1. The van der Waals surface area contributed by atoms with Gasteiger partial charge < -0.3 is 19.3 Å². The molecule has 1 aromatic carbocycles. The van der Waals surface area contributed by atoms with Crippen molar-refractivity contribution in [2.45, 2.75) is 45.7 Å². The molecule has 8 heteroatoms. The van der Waals surface area contributed by atoms with E-state index in [0.29, 0.717) is 24.8 Å². The molecule has 1 saturated heterocycles. The average molecular weight is 368 g/mol. The normalized spacial score (nSPS) is 17.4. The number of hydrogen-bond acceptors (Lipinski definition) is 5. The Labute approximate surface area is 157 Å². The van der Waals surface area contributed by atoms with E-state index in [1.54, 1.807) is 11.8 Å². The Morgan fingerprint density at radius 2 is 2.15 bits per heavy atom. The highest BCUT2D eigenvalue weighted by molar-refractivity contribution is 5.77. The second-order valence-electron chi connectivity index (χ2n) is 7.08. The summed E-state index contributed by atoms with van der Waals surface area (Å²) < 4.78 is 7.37. The molecular weight excluding hydrogens is 344 g/mol. The number of carbonyl (C=O) groups is 1. The summed E-state index contributed by atoms with van der Waals surface area (Å²) in [6, 6.07) is 5.84. The van der Waals surface area contributed by atoms with Crippen molar-refractivity contribution in [3.8, 4) is 0 Å². The summed E-state index contributed by atoms with van der Waals surface area (Å²) in [5.41, 5.74) is 3.06. The predicted molar refractivity (Wildman–Crippen MR) is 100 cm³/mol. The minimum atomic E-state index is -0.152. The third kappa shape index (κ3) is 3.39. The van der Waals surface area contributed by atoms with Crippen LogP contribution in [0.1, 0.15) is 48.4 Å². The van der Waals surface area contributed by atoms with Crippen LogP contribution in [-0.4, -0.2) is 37.2 Å². The van der Waals surface area contributed by atoms with E-state index in [1.165, 1.54) is 0 Å². The number of imidazole rings is 1. The largest absolute Gasteiger partial charge is 0.337 e. The number of amides is 2. The summed E-state index contributed by atoms with van der Waals surface area (Å²) in [6.45, 7) is 4.92. The van der Waals surface area contributed by atoms with E-state index in [2.05, 4.69) is 25.0 Å². The van der Waals surface area contributed by atoms with Gasteiger partial charge in [-0.1, -0.05) is 11.2 Å². The first-order valence-electron chi connectivity index (χ1n) is 9.29. The highest BCUT2D eigenvalue weighted by Gasteiger charge is 2.31. The first-order valence-corrected chi connectivity index (χ1v) is 9.29. The molecule has 142 valence electrons. The molecule has 0 saturated carbocycles. The Bertz CT molecular complexity index is 976. The number of piperidine rings is 1. The summed E-state index contributed by atoms with van der Waals surface area (Å²) in [5, 5.41) is 6.89. The maximum atomic E-state index is 12.8. The van der Waals surface area contributed by atoms with Crippen molar-refractivity contribution in [3.63, 3.8) is 0 Å². The SMILES string of the molecule is Cc1noc([C@@H]2CCCCN2C(=O)NCc2ccc3c(c2)nc(C)n3C)n1. The zero-order valence-electron chi connectivity index (χ0n) is 15.9. The van der Waals surface area contributed by atoms with E-state index in [4.69, 9.17) is 4.52 Å². The van der Waals surface area contributed by atoms with Crippen LogP contribution < -0.4 is 5.32 Å². The first kappa shape index (κ1) is 17.5. The van der Waals surface area contributed by atoms with Gasteiger partial charge in [0.25, 0.3) is 0 Å². The van der Waals surface area contributed by atoms with Crippen molar-refractivity contribution in [1.82, 2.24) is 29.9 Å². The van der Waals surface area contributed by atoms with E-state index < -0.39 is 0 Å². The molecule has 0 aliphatic carbocycles. The molecular formula is C19H24N6O2. The number of aromatic nitrogens is 4. The lowest BCUT2D eigenvalue weighted by molar-refractivity contribution is 0.131. The van der Waals surface area contributed by atoms with Gasteiger partial charge in [0.05, 0.1) is 11.0 Å². The lowest BCUT2D eigenvalue weighted by Crippen LogP contribution is -2.44. The van der Waals surface area contributed by atoms with Gasteiger partial charge in [-0.3, -0.25) is 0 Å². The van der Waals surface area contributed by atoms with E-state index >= 15 is 0 Å². The number of nitrogens with one attached hydrogen (secondary N) is 1. The summed E-state index contributed by atoms with van der Waals surface area (Å²) in [5.74, 6) is 2.08. The predicted octanol–water partition coefficient (Wildman–Crippen LogP) is 3.01. The molecule has 27 heavy (non-hydrogen) atoms. The number of aryl methyl sites for hydroxylation is 3. The zero-order chi connectivity index (χ0) is 19.0. The highest BCUT2D eigenvalue weighted by Crippen LogP contribution is 2.29. The smallest absolute Gasteiger partial charge is 0.318 e. The minimum absolute atomic E-state index is 0.104. The standard InChI is InChI=1S/C19H24N6O2/c1-12-21-18(27-23-12)17-6-4-5-9-25(17)19(26)20-11-14-7-8-16-15(10-14)22-13(2)24(16)3/h7-8,10,17H,4-6,9,11H2,1-3H3,(H,20,26)/t17-/m0/s1. The van der Waals surface area contributed by atoms with Crippen LogP contribution in [-0.2, 0) is 13.6 Å². The maximum Gasteiger partial charge on any atom is 0.318 e. The number of nitrogens with zero attached hydrogens (tertiary/aromatic N) is 5. The molecule has 1 aliphatic heterocycles. The summed E-state index contributed by atoms with van der Waals surface area (Å²) in [7, 11) is 2.00. The van der Waals surface area contributed by atoms with Gasteiger partial charge in [-0.25, -0.2) is 9.78 Å². The van der Waals surface area contributed by atoms with Crippen LogP contribution in [0.4, 0.5) is 4.79 Å². The molecule has 2 amide bonds. The van der Waals surface area contributed by atoms with Crippen LogP contribution in [0.15, 0.2) is 22.7 Å². The summed E-state index contributed by atoms with van der Waals surface area (Å²) in [6.07, 6.45) is 2.87. The van der Waals surface area contributed by atoms with Crippen molar-refractivity contribution in [2.24, 2.45) is 7.05 Å². The lowest BCUT2D eigenvalue weighted by atomic mass is 10.0. The van der Waals surface area contributed by atoms with Crippen LogP contribution in [0.5, 0.6) is 0 Å². The van der Waals surface area contributed by atoms with Gasteiger partial charge in [0.2, 0.25) is 5.89 Å². The van der Waals surface area contributed by atoms with Crippen LogP contribution in [0.25, 0.3) is 11.0 Å². The Balaban J connectivity index is 1.46. The number of rotatable bonds is 3. The van der Waals surface area contributed by atoms with E-state index in [-0.39, 0.29) is 12.1 Å². The maximum absolute atomic E-state index is 12.8. The molecule has 2 aromatic heterocycles. The second kappa shape index (κ2) is 7.02. The topological polar surface area (TPSA) is 89.1 Å². The Morgan fingerprint density at radius 3 is 2.93 bits per heavy atom. The van der Waals surface area contributed by atoms with Crippen molar-refractivity contribution in [1.29, 1.82) is 0 Å². The van der Waals surface area contributed by atoms with Crippen LogP contribution in [0.3, 0.4) is 0 Å². The minimum Gasteiger partial charge on any atom is -0.337 e. The Kier molecular flexibility index (Phi) is 4.55. The number of urea groups is 1. The monoisotopic (exact) mass is 368 g/mol. The molecule has 3 heterocycles. The molecule has 0 radical (unpaired) electrons. The summed E-state index contributed by atoms with van der Waals surface area (Å²) >= 11 is 0. The third-order valence-electron chi connectivity index (χ3n) is 5.20. The van der Waals surface area contributed by atoms with Crippen LogP contribution in [0.2, 0.25) is 0 Å². The molecule has 8 nitrogen and oxygen atoms in total. The number of fused-ring (bicyclic) bond motifs is 1. The molecule has 1 N–H and O–H groups in total. The van der Waals surface area contributed by atoms with E-state index in [0.717, 1.165) is 41.7 Å². The molecule has 0 bridgehead atoms. The first-order chi connectivity index (χ1) is 13.0. The Hall–Kier alpha value is -2.90. The highest BCUT2D eigenvalue weighted by atomic mass is 16.5. The van der Waals surface area contributed by atoms with Crippen molar-refractivity contribution < 1.29 is 9.32 Å². The van der Waals surface area contributed by atoms with Gasteiger partial charge >= 0.3 is 6.03 Å².